The number of halogens is 3. The lowest BCUT2D eigenvalue weighted by Crippen LogP contribution is -2.02. The zero-order valence-electron chi connectivity index (χ0n) is 9.32. The number of hydrogen-bond acceptors (Lipinski definition) is 5. The van der Waals surface area contributed by atoms with Crippen LogP contribution in [0.4, 0.5) is 19.1 Å². The molecule has 96 valence electrons. The molecule has 2 aromatic heterocycles. The number of alkyl halides is 3. The standard InChI is InChI=1S/C10H9F3N4S/c1-2-14-9-15-4-3-6(17-9)7-5-16-8(18-7)10(11,12)13/h3-5H,2H2,1H3,(H,14,15,17). The zero-order chi connectivity index (χ0) is 13.2. The number of nitrogens with one attached hydrogen (secondary N) is 1. The van der Waals surface area contributed by atoms with Gasteiger partial charge in [-0.1, -0.05) is 0 Å². The Morgan fingerprint density at radius 2 is 2.11 bits per heavy atom. The van der Waals surface area contributed by atoms with Crippen LogP contribution >= 0.6 is 11.3 Å². The van der Waals surface area contributed by atoms with E-state index < -0.39 is 11.2 Å². The number of rotatable bonds is 3. The van der Waals surface area contributed by atoms with E-state index in [4.69, 9.17) is 0 Å². The van der Waals surface area contributed by atoms with Gasteiger partial charge in [0.05, 0.1) is 10.6 Å². The summed E-state index contributed by atoms with van der Waals surface area (Å²) in [6, 6.07) is 1.55. The molecule has 0 radical (unpaired) electrons. The van der Waals surface area contributed by atoms with Crippen molar-refractivity contribution in [2.75, 3.05) is 11.9 Å². The predicted molar refractivity (Wildman–Crippen MR) is 62.3 cm³/mol. The van der Waals surface area contributed by atoms with Crippen molar-refractivity contribution in [1.29, 1.82) is 0 Å². The van der Waals surface area contributed by atoms with Gasteiger partial charge in [-0.15, -0.1) is 11.3 Å². The Hall–Kier alpha value is -1.70. The van der Waals surface area contributed by atoms with Crippen LogP contribution in [0.5, 0.6) is 0 Å². The van der Waals surface area contributed by atoms with Crippen molar-refractivity contribution >= 4 is 17.3 Å². The lowest BCUT2D eigenvalue weighted by molar-refractivity contribution is -0.137. The van der Waals surface area contributed by atoms with Crippen molar-refractivity contribution in [3.8, 4) is 10.6 Å². The molecule has 2 heterocycles. The van der Waals surface area contributed by atoms with Gasteiger partial charge < -0.3 is 5.32 Å². The van der Waals surface area contributed by atoms with Crippen LogP contribution < -0.4 is 5.32 Å². The second kappa shape index (κ2) is 4.89. The van der Waals surface area contributed by atoms with Crippen molar-refractivity contribution in [2.45, 2.75) is 13.1 Å². The molecule has 0 saturated heterocycles. The van der Waals surface area contributed by atoms with E-state index in [1.165, 1.54) is 12.4 Å². The molecule has 0 bridgehead atoms. The number of hydrogen-bond donors (Lipinski definition) is 1. The molecule has 8 heteroatoms. The van der Waals surface area contributed by atoms with E-state index in [9.17, 15) is 13.2 Å². The molecule has 0 saturated carbocycles. The Labute approximate surface area is 105 Å². The number of thiazole rings is 1. The molecule has 0 atom stereocenters. The summed E-state index contributed by atoms with van der Waals surface area (Å²) in [4.78, 5) is 11.8. The zero-order valence-corrected chi connectivity index (χ0v) is 10.1. The van der Waals surface area contributed by atoms with Gasteiger partial charge in [0.15, 0.2) is 5.01 Å². The summed E-state index contributed by atoms with van der Waals surface area (Å²) in [6.45, 7) is 2.52. The average molecular weight is 274 g/mol. The molecule has 0 fully saturated rings. The Morgan fingerprint density at radius 1 is 1.33 bits per heavy atom. The van der Waals surface area contributed by atoms with Crippen molar-refractivity contribution in [1.82, 2.24) is 15.0 Å². The largest absolute Gasteiger partial charge is 0.443 e. The first kappa shape index (κ1) is 12.7. The first-order chi connectivity index (χ1) is 8.50. The van der Waals surface area contributed by atoms with E-state index in [2.05, 4.69) is 20.3 Å². The van der Waals surface area contributed by atoms with Crippen molar-refractivity contribution in [2.24, 2.45) is 0 Å². The van der Waals surface area contributed by atoms with Crippen molar-refractivity contribution in [3.63, 3.8) is 0 Å². The smallest absolute Gasteiger partial charge is 0.354 e. The third-order valence-corrected chi connectivity index (χ3v) is 3.06. The van der Waals surface area contributed by atoms with Gasteiger partial charge in [-0.25, -0.2) is 15.0 Å². The van der Waals surface area contributed by atoms with Crippen LogP contribution in [0.3, 0.4) is 0 Å². The van der Waals surface area contributed by atoms with Gasteiger partial charge in [0.1, 0.15) is 0 Å². The SMILES string of the molecule is CCNc1nccc(-c2cnc(C(F)(F)F)s2)n1. The summed E-state index contributed by atoms with van der Waals surface area (Å²) >= 11 is 0.566. The summed E-state index contributed by atoms with van der Waals surface area (Å²) in [5, 5.41) is 2.02. The van der Waals surface area contributed by atoms with Gasteiger partial charge in [0, 0.05) is 18.9 Å². The van der Waals surface area contributed by atoms with E-state index in [1.54, 1.807) is 6.07 Å². The molecular formula is C10H9F3N4S. The van der Waals surface area contributed by atoms with E-state index in [-0.39, 0.29) is 0 Å². The Balaban J connectivity index is 2.31. The topological polar surface area (TPSA) is 50.7 Å². The Bertz CT molecular complexity index is 538. The van der Waals surface area contributed by atoms with Gasteiger partial charge in [-0.2, -0.15) is 13.2 Å². The van der Waals surface area contributed by atoms with Crippen LogP contribution in [-0.2, 0) is 6.18 Å². The second-order valence-corrected chi connectivity index (χ2v) is 4.35. The fourth-order valence-corrected chi connectivity index (χ4v) is 2.02. The molecule has 0 aliphatic heterocycles. The van der Waals surface area contributed by atoms with Crippen LogP contribution in [0.25, 0.3) is 10.6 Å². The van der Waals surface area contributed by atoms with Gasteiger partial charge in [0.2, 0.25) is 5.95 Å². The molecule has 2 aromatic rings. The average Bonchev–Trinajstić information content (AvgIpc) is 2.78. The summed E-state index contributed by atoms with van der Waals surface area (Å²) in [7, 11) is 0. The van der Waals surface area contributed by atoms with E-state index in [1.807, 2.05) is 6.92 Å². The highest BCUT2D eigenvalue weighted by Gasteiger charge is 2.34. The normalized spacial score (nSPS) is 11.6. The molecule has 0 amide bonds. The predicted octanol–water partition coefficient (Wildman–Crippen LogP) is 3.05. The van der Waals surface area contributed by atoms with Crippen molar-refractivity contribution < 1.29 is 13.2 Å². The van der Waals surface area contributed by atoms with Gasteiger partial charge in [-0.05, 0) is 13.0 Å². The van der Waals surface area contributed by atoms with E-state index in [0.717, 1.165) is 0 Å². The number of nitrogens with zero attached hydrogens (tertiary/aromatic N) is 3. The minimum absolute atomic E-state index is 0.365. The second-order valence-electron chi connectivity index (χ2n) is 3.32. The van der Waals surface area contributed by atoms with Crippen LogP contribution in [0.15, 0.2) is 18.5 Å². The maximum Gasteiger partial charge on any atom is 0.443 e. The first-order valence-corrected chi connectivity index (χ1v) is 5.92. The molecule has 0 unspecified atom stereocenters. The van der Waals surface area contributed by atoms with Crippen molar-refractivity contribution in [3.05, 3.63) is 23.5 Å². The molecule has 0 aromatic carbocycles. The maximum absolute atomic E-state index is 12.4. The highest BCUT2D eigenvalue weighted by Crippen LogP contribution is 2.35. The lowest BCUT2D eigenvalue weighted by atomic mass is 10.4. The molecule has 0 aliphatic rings. The fraction of sp³-hybridized carbons (Fsp3) is 0.300. The molecule has 2 rings (SSSR count). The molecule has 4 nitrogen and oxygen atoms in total. The lowest BCUT2D eigenvalue weighted by Gasteiger charge is -2.02. The fourth-order valence-electron chi connectivity index (χ4n) is 1.26. The molecular weight excluding hydrogens is 265 g/mol. The highest BCUT2D eigenvalue weighted by atomic mass is 32.1. The third-order valence-electron chi connectivity index (χ3n) is 1.99. The summed E-state index contributed by atoms with van der Waals surface area (Å²) < 4.78 is 37.3. The Morgan fingerprint density at radius 3 is 2.72 bits per heavy atom. The quantitative estimate of drug-likeness (QED) is 0.934. The summed E-state index contributed by atoms with van der Waals surface area (Å²) in [5.74, 6) is 0.386. The maximum atomic E-state index is 12.4. The molecule has 0 spiro atoms. The van der Waals surface area contributed by atoms with E-state index >= 15 is 0 Å². The number of anilines is 1. The van der Waals surface area contributed by atoms with Gasteiger partial charge >= 0.3 is 6.18 Å². The molecule has 0 aliphatic carbocycles. The van der Waals surface area contributed by atoms with Crippen LogP contribution in [0.2, 0.25) is 0 Å². The Kier molecular flexibility index (Phi) is 3.46. The summed E-state index contributed by atoms with van der Waals surface area (Å²) in [6.07, 6.45) is -1.75. The highest BCUT2D eigenvalue weighted by molar-refractivity contribution is 7.15. The van der Waals surface area contributed by atoms with Crippen LogP contribution in [0, 0.1) is 0 Å². The number of aromatic nitrogens is 3. The van der Waals surface area contributed by atoms with Crippen LogP contribution in [-0.4, -0.2) is 21.5 Å². The monoisotopic (exact) mass is 274 g/mol. The summed E-state index contributed by atoms with van der Waals surface area (Å²) in [5.41, 5.74) is 0.425. The van der Waals surface area contributed by atoms with Gasteiger partial charge in [0.25, 0.3) is 0 Å². The third kappa shape index (κ3) is 2.76. The van der Waals surface area contributed by atoms with Crippen LogP contribution in [0.1, 0.15) is 11.9 Å². The molecule has 1 N–H and O–H groups in total. The minimum Gasteiger partial charge on any atom is -0.354 e. The van der Waals surface area contributed by atoms with E-state index in [0.29, 0.717) is 34.4 Å². The van der Waals surface area contributed by atoms with Gasteiger partial charge in [-0.3, -0.25) is 0 Å². The first-order valence-electron chi connectivity index (χ1n) is 5.11. The molecule has 18 heavy (non-hydrogen) atoms. The minimum atomic E-state index is -4.42.